The van der Waals surface area contributed by atoms with Crippen molar-refractivity contribution in [3.63, 3.8) is 0 Å². The average Bonchev–Trinajstić information content (AvgIpc) is 3.01. The monoisotopic (exact) mass is 465 g/mol. The first-order chi connectivity index (χ1) is 15.8. The second kappa shape index (κ2) is 8.89. The molecule has 0 saturated carbocycles. The van der Waals surface area contributed by atoms with Crippen LogP contribution in [0.5, 0.6) is 11.5 Å². The number of carbonyl (C=O) groups is 2. The predicted octanol–water partition coefficient (Wildman–Crippen LogP) is 4.67. The molecule has 0 radical (unpaired) electrons. The molecule has 1 amide bonds. The van der Waals surface area contributed by atoms with Crippen LogP contribution < -0.4 is 14.4 Å². The van der Waals surface area contributed by atoms with Gasteiger partial charge in [0.15, 0.2) is 11.4 Å². The molecule has 0 saturated heterocycles. The zero-order valence-electron chi connectivity index (χ0n) is 18.6. The number of fused-ring (bicyclic) bond motifs is 1. The average molecular weight is 466 g/mol. The van der Waals surface area contributed by atoms with E-state index in [2.05, 4.69) is 0 Å². The van der Waals surface area contributed by atoms with Crippen LogP contribution >= 0.6 is 11.6 Å². The Bertz CT molecular complexity index is 1220. The summed E-state index contributed by atoms with van der Waals surface area (Å²) >= 11 is 6.20. The fourth-order valence-electron chi connectivity index (χ4n) is 4.08. The van der Waals surface area contributed by atoms with Gasteiger partial charge in [0.05, 0.1) is 38.4 Å². The number of benzene rings is 3. The van der Waals surface area contributed by atoms with Crippen molar-refractivity contribution >= 4 is 29.0 Å². The van der Waals surface area contributed by atoms with E-state index in [4.69, 9.17) is 21.1 Å². The van der Waals surface area contributed by atoms with Crippen LogP contribution in [0, 0.1) is 6.92 Å². The zero-order chi connectivity index (χ0) is 23.8. The Morgan fingerprint density at radius 2 is 1.76 bits per heavy atom. The predicted molar refractivity (Wildman–Crippen MR) is 126 cm³/mol. The van der Waals surface area contributed by atoms with Gasteiger partial charge in [-0.05, 0) is 42.8 Å². The summed E-state index contributed by atoms with van der Waals surface area (Å²) in [5.74, 6) is -0.175. The molecule has 1 aliphatic heterocycles. The normalized spacial score (nSPS) is 17.1. The molecule has 3 aromatic rings. The topological polar surface area (TPSA) is 76.1 Å². The van der Waals surface area contributed by atoms with Crippen molar-refractivity contribution in [1.82, 2.24) is 0 Å². The quantitative estimate of drug-likeness (QED) is 0.513. The molecule has 1 atom stereocenters. The second-order valence-electron chi connectivity index (χ2n) is 8.06. The van der Waals surface area contributed by atoms with Crippen molar-refractivity contribution in [1.29, 1.82) is 0 Å². The number of methoxy groups -OCH3 is 2. The first kappa shape index (κ1) is 22.8. The fraction of sp³-hybridized carbons (Fsp3) is 0.231. The lowest BCUT2D eigenvalue weighted by Crippen LogP contribution is -2.41. The number of halogens is 1. The summed E-state index contributed by atoms with van der Waals surface area (Å²) in [5, 5.41) is 12.0. The number of aryl methyl sites for hydroxylation is 1. The Kier molecular flexibility index (Phi) is 6.15. The molecule has 1 aliphatic rings. The van der Waals surface area contributed by atoms with Crippen LogP contribution in [-0.2, 0) is 16.9 Å². The number of amides is 1. The van der Waals surface area contributed by atoms with E-state index in [1.807, 2.05) is 31.2 Å². The highest BCUT2D eigenvalue weighted by atomic mass is 35.5. The largest absolute Gasteiger partial charge is 0.497 e. The van der Waals surface area contributed by atoms with Gasteiger partial charge in [-0.3, -0.25) is 9.59 Å². The number of aliphatic hydroxyl groups is 1. The van der Waals surface area contributed by atoms with Crippen LogP contribution in [0.25, 0.3) is 0 Å². The zero-order valence-corrected chi connectivity index (χ0v) is 19.3. The van der Waals surface area contributed by atoms with Gasteiger partial charge in [-0.2, -0.15) is 0 Å². The van der Waals surface area contributed by atoms with Crippen LogP contribution in [0.1, 0.15) is 33.5 Å². The Labute approximate surface area is 197 Å². The van der Waals surface area contributed by atoms with Crippen LogP contribution in [0.15, 0.2) is 60.7 Å². The van der Waals surface area contributed by atoms with Crippen LogP contribution in [0.3, 0.4) is 0 Å². The molecule has 0 aromatic heterocycles. The number of ketones is 1. The molecule has 1 N–H and O–H groups in total. The van der Waals surface area contributed by atoms with Crippen LogP contribution in [0.2, 0.25) is 5.02 Å². The minimum absolute atomic E-state index is 0.250. The van der Waals surface area contributed by atoms with E-state index < -0.39 is 23.7 Å². The molecule has 7 heteroatoms. The minimum Gasteiger partial charge on any atom is -0.497 e. The molecule has 33 heavy (non-hydrogen) atoms. The summed E-state index contributed by atoms with van der Waals surface area (Å²) in [6, 6.07) is 17.5. The molecule has 170 valence electrons. The maximum atomic E-state index is 13.5. The molecular weight excluding hydrogens is 442 g/mol. The Morgan fingerprint density at radius 1 is 1.03 bits per heavy atom. The Balaban J connectivity index is 1.70. The standard InChI is InChI=1S/C26H24ClNO5/c1-16-4-6-17(7-5-16)15-28-22-11-8-18(27)12-21(22)26(31,25(28)30)14-23(29)20-10-9-19(32-2)13-24(20)33-3/h4-13,31H,14-15H2,1-3H3. The lowest BCUT2D eigenvalue weighted by molar-refractivity contribution is -0.136. The van der Waals surface area contributed by atoms with E-state index in [1.54, 1.807) is 36.4 Å². The van der Waals surface area contributed by atoms with E-state index in [0.29, 0.717) is 27.8 Å². The minimum atomic E-state index is -2.05. The third-order valence-electron chi connectivity index (χ3n) is 5.88. The van der Waals surface area contributed by atoms with E-state index in [-0.39, 0.29) is 12.1 Å². The molecule has 4 rings (SSSR count). The van der Waals surface area contributed by atoms with Gasteiger partial charge in [0.1, 0.15) is 11.5 Å². The van der Waals surface area contributed by atoms with Crippen LogP contribution in [-0.4, -0.2) is 31.0 Å². The van der Waals surface area contributed by atoms with E-state index in [0.717, 1.165) is 11.1 Å². The van der Waals surface area contributed by atoms with Gasteiger partial charge in [0, 0.05) is 16.7 Å². The third-order valence-corrected chi connectivity index (χ3v) is 6.12. The third kappa shape index (κ3) is 4.19. The summed E-state index contributed by atoms with van der Waals surface area (Å²) in [4.78, 5) is 28.3. The van der Waals surface area contributed by atoms with Crippen molar-refractivity contribution in [2.45, 2.75) is 25.5 Å². The van der Waals surface area contributed by atoms with Gasteiger partial charge < -0.3 is 19.5 Å². The number of carbonyl (C=O) groups excluding carboxylic acids is 2. The van der Waals surface area contributed by atoms with E-state index in [9.17, 15) is 14.7 Å². The van der Waals surface area contributed by atoms with Gasteiger partial charge in [-0.15, -0.1) is 0 Å². The van der Waals surface area contributed by atoms with E-state index in [1.165, 1.54) is 19.1 Å². The van der Waals surface area contributed by atoms with Gasteiger partial charge in [-0.25, -0.2) is 0 Å². The first-order valence-corrected chi connectivity index (χ1v) is 10.8. The van der Waals surface area contributed by atoms with Gasteiger partial charge in [0.25, 0.3) is 5.91 Å². The van der Waals surface area contributed by atoms with Gasteiger partial charge in [0.2, 0.25) is 0 Å². The molecule has 0 fully saturated rings. The Hall–Kier alpha value is -3.35. The smallest absolute Gasteiger partial charge is 0.264 e. The Morgan fingerprint density at radius 3 is 2.42 bits per heavy atom. The summed E-state index contributed by atoms with van der Waals surface area (Å²) in [5.41, 5.74) is 1.05. The number of Topliss-reactive ketones (excluding diaryl/α,β-unsaturated/α-hetero) is 1. The maximum absolute atomic E-state index is 13.5. The van der Waals surface area contributed by atoms with Gasteiger partial charge >= 0.3 is 0 Å². The number of nitrogens with zero attached hydrogens (tertiary/aromatic N) is 1. The van der Waals surface area contributed by atoms with Crippen molar-refractivity contribution < 1.29 is 24.2 Å². The summed E-state index contributed by atoms with van der Waals surface area (Å²) < 4.78 is 10.5. The number of hydrogen-bond acceptors (Lipinski definition) is 5. The molecule has 0 spiro atoms. The molecule has 6 nitrogen and oxygen atoms in total. The molecule has 3 aromatic carbocycles. The fourth-order valence-corrected chi connectivity index (χ4v) is 4.26. The highest BCUT2D eigenvalue weighted by Gasteiger charge is 2.51. The highest BCUT2D eigenvalue weighted by Crippen LogP contribution is 2.45. The van der Waals surface area contributed by atoms with Crippen molar-refractivity contribution in [2.24, 2.45) is 0 Å². The lowest BCUT2D eigenvalue weighted by Gasteiger charge is -2.23. The number of rotatable bonds is 7. The lowest BCUT2D eigenvalue weighted by atomic mass is 9.88. The summed E-state index contributed by atoms with van der Waals surface area (Å²) in [7, 11) is 2.96. The maximum Gasteiger partial charge on any atom is 0.264 e. The van der Waals surface area contributed by atoms with Gasteiger partial charge in [-0.1, -0.05) is 41.4 Å². The van der Waals surface area contributed by atoms with Crippen molar-refractivity contribution in [2.75, 3.05) is 19.1 Å². The molecule has 0 bridgehead atoms. The SMILES string of the molecule is COc1ccc(C(=O)CC2(O)C(=O)N(Cc3ccc(C)cc3)c3ccc(Cl)cc32)c(OC)c1. The number of anilines is 1. The van der Waals surface area contributed by atoms with E-state index >= 15 is 0 Å². The molecule has 0 aliphatic carbocycles. The van der Waals surface area contributed by atoms with Crippen molar-refractivity contribution in [3.8, 4) is 11.5 Å². The number of ether oxygens (including phenoxy) is 2. The molecule has 1 heterocycles. The van der Waals surface area contributed by atoms with Crippen LogP contribution in [0.4, 0.5) is 5.69 Å². The molecule has 1 unspecified atom stereocenters. The summed E-state index contributed by atoms with van der Waals surface area (Å²) in [6.45, 7) is 2.25. The van der Waals surface area contributed by atoms with Crippen molar-refractivity contribution in [3.05, 3.63) is 87.9 Å². The first-order valence-electron chi connectivity index (χ1n) is 10.4. The molecular formula is C26H24ClNO5. The summed E-state index contributed by atoms with van der Waals surface area (Å²) in [6.07, 6.45) is -0.452. The highest BCUT2D eigenvalue weighted by molar-refractivity contribution is 6.31. The second-order valence-corrected chi connectivity index (χ2v) is 8.50. The number of hydrogen-bond donors (Lipinski definition) is 1.